The van der Waals surface area contributed by atoms with Crippen LogP contribution >= 0.6 is 0 Å². The Morgan fingerprint density at radius 3 is 2.20 bits per heavy atom. The quantitative estimate of drug-likeness (QED) is 0.673. The first-order valence-corrected chi connectivity index (χ1v) is 10.1. The van der Waals surface area contributed by atoms with E-state index in [-0.39, 0.29) is 22.9 Å². The summed E-state index contributed by atoms with van der Waals surface area (Å²) >= 11 is 0. The third-order valence-electron chi connectivity index (χ3n) is 3.08. The minimum absolute atomic E-state index is 0.0797. The van der Waals surface area contributed by atoms with Crippen molar-refractivity contribution < 1.29 is 27.3 Å². The number of sulfonamides is 1. The lowest BCUT2D eigenvalue weighted by atomic mass is 10.3. The van der Waals surface area contributed by atoms with Gasteiger partial charge in [-0.3, -0.25) is 4.21 Å². The van der Waals surface area contributed by atoms with E-state index in [0.717, 1.165) is 0 Å². The van der Waals surface area contributed by atoms with Gasteiger partial charge in [-0.25, -0.2) is 17.9 Å². The number of aliphatic carboxylic acids is 1. The van der Waals surface area contributed by atoms with Gasteiger partial charge in [0.1, 0.15) is 5.75 Å². The van der Waals surface area contributed by atoms with Gasteiger partial charge < -0.3 is 9.84 Å². The molecule has 0 saturated heterocycles. The molecule has 0 aliphatic rings. The minimum Gasteiger partial charge on any atom is -0.478 e. The van der Waals surface area contributed by atoms with Crippen LogP contribution < -0.4 is 9.46 Å². The molecule has 0 amide bonds. The third-order valence-corrected chi connectivity index (χ3v) is 5.93. The Bertz CT molecular complexity index is 824. The van der Waals surface area contributed by atoms with Crippen LogP contribution in [0.1, 0.15) is 0 Å². The summed E-state index contributed by atoms with van der Waals surface area (Å²) in [6.45, 7) is -0.175. The van der Waals surface area contributed by atoms with Gasteiger partial charge >= 0.3 is 5.97 Å². The molecule has 0 radical (unpaired) electrons. The fraction of sp³-hybridized carbons (Fsp3) is 0.188. The normalized spacial score (nSPS) is 13.8. The molecule has 0 aliphatic carbocycles. The second-order valence-electron chi connectivity index (χ2n) is 4.90. The standard InChI is InChI=1S/C16H17NO6S2/c18-15(19)16(23-13-7-3-1-4-8-13)24(20)12-11-17-25(21,22)14-9-5-2-6-10-14/h1-10,16-17H,11-12H2,(H,18,19). The van der Waals surface area contributed by atoms with Gasteiger partial charge in [-0.1, -0.05) is 36.4 Å². The Labute approximate surface area is 148 Å². The van der Waals surface area contributed by atoms with Crippen LogP contribution in [-0.4, -0.2) is 41.4 Å². The second kappa shape index (κ2) is 8.75. The summed E-state index contributed by atoms with van der Waals surface area (Å²) in [5.74, 6) is -1.31. The zero-order chi connectivity index (χ0) is 18.3. The minimum atomic E-state index is -3.73. The maximum atomic E-state index is 12.2. The molecule has 2 rings (SSSR count). The molecule has 9 heteroatoms. The van der Waals surface area contributed by atoms with E-state index in [0.29, 0.717) is 0 Å². The van der Waals surface area contributed by atoms with Crippen molar-refractivity contribution in [2.45, 2.75) is 10.3 Å². The Hall–Kier alpha value is -2.23. The lowest BCUT2D eigenvalue weighted by Crippen LogP contribution is -2.36. The van der Waals surface area contributed by atoms with Crippen molar-refractivity contribution >= 4 is 26.8 Å². The van der Waals surface area contributed by atoms with E-state index in [9.17, 15) is 22.5 Å². The number of hydrogen-bond donors (Lipinski definition) is 2. The molecule has 0 aliphatic heterocycles. The van der Waals surface area contributed by atoms with E-state index in [1.54, 1.807) is 48.5 Å². The fourth-order valence-electron chi connectivity index (χ4n) is 1.91. The van der Waals surface area contributed by atoms with Gasteiger partial charge in [-0.15, -0.1) is 0 Å². The first-order chi connectivity index (χ1) is 11.9. The molecule has 2 N–H and O–H groups in total. The average Bonchev–Trinajstić information content (AvgIpc) is 2.61. The number of carboxylic acid groups (broad SMARTS) is 1. The number of carbonyl (C=O) groups is 1. The van der Waals surface area contributed by atoms with Crippen molar-refractivity contribution in [3.63, 3.8) is 0 Å². The van der Waals surface area contributed by atoms with Gasteiger partial charge in [0.05, 0.1) is 15.7 Å². The molecule has 2 atom stereocenters. The molecule has 0 spiro atoms. The summed E-state index contributed by atoms with van der Waals surface area (Å²) in [6, 6.07) is 15.9. The SMILES string of the molecule is O=C(O)C(Oc1ccccc1)S(=O)CCNS(=O)(=O)c1ccccc1. The van der Waals surface area contributed by atoms with Crippen molar-refractivity contribution in [2.75, 3.05) is 12.3 Å². The van der Waals surface area contributed by atoms with Gasteiger partial charge in [0.15, 0.2) is 0 Å². The molecule has 0 saturated carbocycles. The van der Waals surface area contributed by atoms with Crippen molar-refractivity contribution in [3.05, 3.63) is 60.7 Å². The fourth-order valence-corrected chi connectivity index (χ4v) is 4.05. The summed E-state index contributed by atoms with van der Waals surface area (Å²) in [5.41, 5.74) is -1.58. The second-order valence-corrected chi connectivity index (χ2v) is 8.26. The van der Waals surface area contributed by atoms with Gasteiger partial charge in [0.25, 0.3) is 5.44 Å². The monoisotopic (exact) mass is 383 g/mol. The molecular formula is C16H17NO6S2. The van der Waals surface area contributed by atoms with Crippen LogP contribution in [0.25, 0.3) is 0 Å². The molecule has 2 aromatic rings. The zero-order valence-electron chi connectivity index (χ0n) is 13.1. The smallest absolute Gasteiger partial charge is 0.358 e. The number of para-hydroxylation sites is 1. The summed E-state index contributed by atoms with van der Waals surface area (Å²) in [6.07, 6.45) is 0. The number of hydrogen-bond acceptors (Lipinski definition) is 5. The van der Waals surface area contributed by atoms with Gasteiger partial charge in [0.2, 0.25) is 10.0 Å². The largest absolute Gasteiger partial charge is 0.478 e. The van der Waals surface area contributed by atoms with Gasteiger partial charge in [-0.05, 0) is 24.3 Å². The molecule has 0 aromatic heterocycles. The molecular weight excluding hydrogens is 366 g/mol. The topological polar surface area (TPSA) is 110 Å². The van der Waals surface area contributed by atoms with E-state index in [2.05, 4.69) is 4.72 Å². The Morgan fingerprint density at radius 2 is 1.64 bits per heavy atom. The third kappa shape index (κ3) is 5.66. The first kappa shape index (κ1) is 19.1. The molecule has 134 valence electrons. The van der Waals surface area contributed by atoms with Crippen LogP contribution in [0.15, 0.2) is 65.6 Å². The summed E-state index contributed by atoms with van der Waals surface area (Å²) in [7, 11) is -5.66. The predicted molar refractivity (Wildman–Crippen MR) is 93.1 cm³/mol. The van der Waals surface area contributed by atoms with Crippen LogP contribution in [0.5, 0.6) is 5.75 Å². The first-order valence-electron chi connectivity index (χ1n) is 7.26. The molecule has 0 bridgehead atoms. The zero-order valence-corrected chi connectivity index (χ0v) is 14.7. The van der Waals surface area contributed by atoms with Crippen molar-refractivity contribution in [3.8, 4) is 5.75 Å². The van der Waals surface area contributed by atoms with E-state index in [1.807, 2.05) is 0 Å². The Balaban J connectivity index is 1.94. The molecule has 0 fully saturated rings. The lowest BCUT2D eigenvalue weighted by molar-refractivity contribution is -0.141. The number of rotatable bonds is 9. The average molecular weight is 383 g/mol. The summed E-state index contributed by atoms with van der Waals surface area (Å²) in [5, 5.41) is 9.19. The van der Waals surface area contributed by atoms with E-state index in [4.69, 9.17) is 4.74 Å². The highest BCUT2D eigenvalue weighted by atomic mass is 32.2. The highest BCUT2D eigenvalue weighted by molar-refractivity contribution is 7.89. The maximum Gasteiger partial charge on any atom is 0.358 e. The molecule has 7 nitrogen and oxygen atoms in total. The summed E-state index contributed by atoms with van der Waals surface area (Å²) in [4.78, 5) is 11.3. The van der Waals surface area contributed by atoms with Crippen molar-refractivity contribution in [2.24, 2.45) is 0 Å². The highest BCUT2D eigenvalue weighted by Crippen LogP contribution is 2.13. The molecule has 25 heavy (non-hydrogen) atoms. The van der Waals surface area contributed by atoms with E-state index >= 15 is 0 Å². The number of benzene rings is 2. The maximum absolute atomic E-state index is 12.2. The van der Waals surface area contributed by atoms with Crippen LogP contribution in [0.4, 0.5) is 0 Å². The number of nitrogens with one attached hydrogen (secondary N) is 1. The number of carboxylic acids is 1. The van der Waals surface area contributed by atoms with Crippen molar-refractivity contribution in [1.29, 1.82) is 0 Å². The molecule has 0 heterocycles. The van der Waals surface area contributed by atoms with E-state index in [1.165, 1.54) is 12.1 Å². The Kier molecular flexibility index (Phi) is 6.68. The number of ether oxygens (including phenoxy) is 1. The summed E-state index contributed by atoms with van der Waals surface area (Å²) < 4.78 is 43.8. The predicted octanol–water partition coefficient (Wildman–Crippen LogP) is 1.20. The van der Waals surface area contributed by atoms with Crippen LogP contribution in [-0.2, 0) is 25.6 Å². The Morgan fingerprint density at radius 1 is 1.08 bits per heavy atom. The van der Waals surface area contributed by atoms with E-state index < -0.39 is 32.2 Å². The van der Waals surface area contributed by atoms with Crippen LogP contribution in [0, 0.1) is 0 Å². The van der Waals surface area contributed by atoms with Crippen molar-refractivity contribution in [1.82, 2.24) is 4.72 Å². The van der Waals surface area contributed by atoms with Crippen LogP contribution in [0.2, 0.25) is 0 Å². The van der Waals surface area contributed by atoms with Gasteiger partial charge in [-0.2, -0.15) is 0 Å². The highest BCUT2D eigenvalue weighted by Gasteiger charge is 2.27. The molecule has 2 aromatic carbocycles. The molecule has 2 unspecified atom stereocenters. The lowest BCUT2D eigenvalue weighted by Gasteiger charge is -2.15. The van der Waals surface area contributed by atoms with Gasteiger partial charge in [0, 0.05) is 12.3 Å². The van der Waals surface area contributed by atoms with Crippen LogP contribution in [0.3, 0.4) is 0 Å².